The van der Waals surface area contributed by atoms with Gasteiger partial charge in [-0.15, -0.1) is 0 Å². The van der Waals surface area contributed by atoms with Gasteiger partial charge in [-0.25, -0.2) is 0 Å². The van der Waals surface area contributed by atoms with Crippen molar-refractivity contribution in [2.24, 2.45) is 5.92 Å². The van der Waals surface area contributed by atoms with Gasteiger partial charge in [0.05, 0.1) is 11.5 Å². The zero-order valence-corrected chi connectivity index (χ0v) is 17.4. The predicted octanol–water partition coefficient (Wildman–Crippen LogP) is 5.33. The van der Waals surface area contributed by atoms with E-state index in [2.05, 4.69) is 0 Å². The number of rotatable bonds is 4. The molecule has 166 valence electrons. The molecule has 2 aromatic rings. The van der Waals surface area contributed by atoms with Crippen LogP contribution in [0.3, 0.4) is 0 Å². The monoisotopic (exact) mass is 433 g/mol. The number of aryl methyl sites for hydroxylation is 1. The largest absolute Gasteiger partial charge is 0.487 e. The summed E-state index contributed by atoms with van der Waals surface area (Å²) in [5.41, 5.74) is 1.27. The van der Waals surface area contributed by atoms with Crippen molar-refractivity contribution >= 4 is 11.7 Å². The number of ether oxygens (including phenoxy) is 1. The molecule has 4 nitrogen and oxygen atoms in total. The zero-order valence-electron chi connectivity index (χ0n) is 17.4. The van der Waals surface area contributed by atoms with Gasteiger partial charge in [0.15, 0.2) is 0 Å². The fourth-order valence-corrected chi connectivity index (χ4v) is 4.61. The van der Waals surface area contributed by atoms with E-state index in [1.165, 1.54) is 12.1 Å². The summed E-state index contributed by atoms with van der Waals surface area (Å²) in [6, 6.07) is 11.6. The first-order valence-corrected chi connectivity index (χ1v) is 10.6. The first-order chi connectivity index (χ1) is 14.7. The molecule has 0 saturated carbocycles. The molecule has 7 heteroatoms. The van der Waals surface area contributed by atoms with Gasteiger partial charge in [-0.05, 0) is 48.6 Å². The molecule has 0 amide bonds. The summed E-state index contributed by atoms with van der Waals surface area (Å²) >= 11 is 0. The minimum absolute atomic E-state index is 0.228. The Balaban J connectivity index is 1.48. The molecule has 1 spiro atoms. The Bertz CT molecular complexity index is 965. The van der Waals surface area contributed by atoms with Gasteiger partial charge in [-0.1, -0.05) is 31.2 Å². The summed E-state index contributed by atoms with van der Waals surface area (Å²) in [5, 5.41) is 9.16. The molecule has 1 unspecified atom stereocenters. The second-order valence-corrected chi connectivity index (χ2v) is 8.67. The average Bonchev–Trinajstić information content (AvgIpc) is 2.73. The third-order valence-electron chi connectivity index (χ3n) is 6.50. The summed E-state index contributed by atoms with van der Waals surface area (Å²) in [4.78, 5) is 13.0. The van der Waals surface area contributed by atoms with E-state index in [-0.39, 0.29) is 11.3 Å². The molecule has 1 N–H and O–H groups in total. The van der Waals surface area contributed by atoms with E-state index in [0.717, 1.165) is 35.8 Å². The number of fused-ring (bicyclic) bond motifs is 1. The summed E-state index contributed by atoms with van der Waals surface area (Å²) < 4.78 is 46.6. The van der Waals surface area contributed by atoms with Crippen LogP contribution in [0.1, 0.15) is 42.9 Å². The Kier molecular flexibility index (Phi) is 5.62. The van der Waals surface area contributed by atoms with Crippen LogP contribution < -0.4 is 9.64 Å². The number of benzene rings is 2. The Labute approximate surface area is 179 Å². The van der Waals surface area contributed by atoms with Crippen LogP contribution in [0, 0.1) is 5.92 Å². The minimum Gasteiger partial charge on any atom is -0.487 e. The zero-order chi connectivity index (χ0) is 22.2. The molecule has 1 atom stereocenters. The van der Waals surface area contributed by atoms with Gasteiger partial charge < -0.3 is 14.7 Å². The van der Waals surface area contributed by atoms with Crippen molar-refractivity contribution in [3.8, 4) is 5.75 Å². The van der Waals surface area contributed by atoms with Crippen molar-refractivity contribution in [1.82, 2.24) is 0 Å². The first-order valence-electron chi connectivity index (χ1n) is 10.6. The highest BCUT2D eigenvalue weighted by Crippen LogP contribution is 2.42. The van der Waals surface area contributed by atoms with Crippen molar-refractivity contribution < 1.29 is 27.8 Å². The number of hydrogen-bond acceptors (Lipinski definition) is 3. The lowest BCUT2D eigenvalue weighted by Gasteiger charge is -2.45. The average molecular weight is 433 g/mol. The van der Waals surface area contributed by atoms with Gasteiger partial charge in [0.2, 0.25) is 0 Å². The number of aliphatic carboxylic acids is 1. The fourth-order valence-electron chi connectivity index (χ4n) is 4.61. The molecule has 0 bridgehead atoms. The van der Waals surface area contributed by atoms with Crippen molar-refractivity contribution in [1.29, 1.82) is 0 Å². The summed E-state index contributed by atoms with van der Waals surface area (Å²) in [5.74, 6) is -0.528. The highest BCUT2D eigenvalue weighted by molar-refractivity contribution is 5.70. The summed E-state index contributed by atoms with van der Waals surface area (Å²) in [6.07, 6.45) is -0.970. The molecule has 2 aliphatic heterocycles. The highest BCUT2D eigenvalue weighted by Gasteiger charge is 2.41. The van der Waals surface area contributed by atoms with Gasteiger partial charge >= 0.3 is 12.1 Å². The van der Waals surface area contributed by atoms with E-state index in [1.807, 2.05) is 18.2 Å². The fraction of sp³-hybridized carbons (Fsp3) is 0.458. The molecule has 4 rings (SSSR count). The second-order valence-electron chi connectivity index (χ2n) is 8.67. The maximum Gasteiger partial charge on any atom is 0.418 e. The number of halogens is 3. The third-order valence-corrected chi connectivity index (χ3v) is 6.50. The topological polar surface area (TPSA) is 49.8 Å². The lowest BCUT2D eigenvalue weighted by Crippen LogP contribution is -2.50. The van der Waals surface area contributed by atoms with Crippen LogP contribution in [0.4, 0.5) is 18.9 Å². The number of carboxylic acids is 1. The van der Waals surface area contributed by atoms with Crippen LogP contribution in [0.15, 0.2) is 42.5 Å². The molecule has 2 aliphatic rings. The third kappa shape index (κ3) is 4.50. The van der Waals surface area contributed by atoms with Gasteiger partial charge in [-0.2, -0.15) is 13.2 Å². The number of piperidine rings is 1. The van der Waals surface area contributed by atoms with E-state index in [9.17, 15) is 18.0 Å². The standard InChI is InChI=1S/C24H26F3NO3/c1-16(22(29)30)14-17-6-7-18-8-9-23(31-21(18)15-17)10-12-28(13-11-23)20-5-3-2-4-19(20)24(25,26)27/h2-7,15-16H,8-14H2,1H3,(H,29,30). The number of carbonyl (C=O) groups is 1. The van der Waals surface area contributed by atoms with Gasteiger partial charge in [-0.3, -0.25) is 4.79 Å². The van der Waals surface area contributed by atoms with Crippen LogP contribution in [-0.4, -0.2) is 29.8 Å². The van der Waals surface area contributed by atoms with Gasteiger partial charge in [0, 0.05) is 31.6 Å². The van der Waals surface area contributed by atoms with Crippen LogP contribution >= 0.6 is 0 Å². The van der Waals surface area contributed by atoms with Crippen LogP contribution in [-0.2, 0) is 23.8 Å². The van der Waals surface area contributed by atoms with Crippen molar-refractivity contribution in [2.45, 2.75) is 50.8 Å². The molecule has 1 saturated heterocycles. The van der Waals surface area contributed by atoms with E-state index >= 15 is 0 Å². The van der Waals surface area contributed by atoms with Crippen LogP contribution in [0.25, 0.3) is 0 Å². The summed E-state index contributed by atoms with van der Waals surface area (Å²) in [6.45, 7) is 2.68. The highest BCUT2D eigenvalue weighted by atomic mass is 19.4. The Hall–Kier alpha value is -2.70. The number of para-hydroxylation sites is 1. The second kappa shape index (κ2) is 8.09. The first kappa shape index (κ1) is 21.5. The van der Waals surface area contributed by atoms with E-state index in [0.29, 0.717) is 32.4 Å². The van der Waals surface area contributed by atoms with Crippen molar-refractivity contribution in [3.63, 3.8) is 0 Å². The molecule has 0 radical (unpaired) electrons. The smallest absolute Gasteiger partial charge is 0.418 e. The number of carboxylic acid groups (broad SMARTS) is 1. The lowest BCUT2D eigenvalue weighted by molar-refractivity contribution is -0.141. The molecular formula is C24H26F3NO3. The molecule has 2 aromatic carbocycles. The Morgan fingerprint density at radius 3 is 2.55 bits per heavy atom. The molecular weight excluding hydrogens is 407 g/mol. The van der Waals surface area contributed by atoms with Crippen molar-refractivity contribution in [2.75, 3.05) is 18.0 Å². The maximum atomic E-state index is 13.4. The molecule has 0 aliphatic carbocycles. The number of hydrogen-bond donors (Lipinski definition) is 1. The normalized spacial score (nSPS) is 18.9. The lowest BCUT2D eigenvalue weighted by atomic mass is 9.82. The molecule has 2 heterocycles. The SMILES string of the molecule is CC(Cc1ccc2c(c1)OC1(CC2)CCN(c2ccccc2C(F)(F)F)CC1)C(=O)O. The molecule has 1 fully saturated rings. The quantitative estimate of drug-likeness (QED) is 0.708. The van der Waals surface area contributed by atoms with Crippen LogP contribution in [0.2, 0.25) is 0 Å². The number of nitrogens with zero attached hydrogens (tertiary/aromatic N) is 1. The van der Waals surface area contributed by atoms with Crippen molar-refractivity contribution in [3.05, 3.63) is 59.2 Å². The molecule has 31 heavy (non-hydrogen) atoms. The number of alkyl halides is 3. The van der Waals surface area contributed by atoms with Gasteiger partial charge in [0.1, 0.15) is 11.4 Å². The number of anilines is 1. The predicted molar refractivity (Wildman–Crippen MR) is 112 cm³/mol. The van der Waals surface area contributed by atoms with E-state index in [4.69, 9.17) is 9.84 Å². The van der Waals surface area contributed by atoms with Crippen LogP contribution in [0.5, 0.6) is 5.75 Å². The maximum absolute atomic E-state index is 13.4. The minimum atomic E-state index is -4.38. The molecule has 0 aromatic heterocycles. The van der Waals surface area contributed by atoms with E-state index < -0.39 is 23.6 Å². The van der Waals surface area contributed by atoms with E-state index in [1.54, 1.807) is 17.9 Å². The Morgan fingerprint density at radius 2 is 1.87 bits per heavy atom. The van der Waals surface area contributed by atoms with Gasteiger partial charge in [0.25, 0.3) is 0 Å². The summed E-state index contributed by atoms with van der Waals surface area (Å²) in [7, 11) is 0. The Morgan fingerprint density at radius 1 is 1.16 bits per heavy atom.